The Labute approximate surface area is 460 Å². The Morgan fingerprint density at radius 1 is 0.449 bits per heavy atom. The normalized spacial score (nSPS) is 25.8. The van der Waals surface area contributed by atoms with E-state index in [-0.39, 0.29) is 40.7 Å². The summed E-state index contributed by atoms with van der Waals surface area (Å²) in [6, 6.07) is 64.3. The number of rotatable bonds is 12. The number of benzene rings is 6. The fourth-order valence-electron chi connectivity index (χ4n) is 14.0. The van der Waals surface area contributed by atoms with Crippen molar-refractivity contribution in [1.82, 2.24) is 0 Å². The van der Waals surface area contributed by atoms with Gasteiger partial charge in [-0.15, -0.1) is 0 Å². The standard InChI is InChI=1S/2C18H15S.C15H19F5O2.C14H20F2O2/c2*1-4-10-16(11-5-1)19(17-12-6-2-7-13-17)18-14-8-3-9-15-18;1-13(16,17)11(15(18,19)20)22-12(21)14-5-8-2-9(6-14)4-10(3-8)7-14;1-13(15,16)12(17)18-8-14-5-9-2-10(6-14)4-11(3-9)7-14/h2*1-15H;8-11H,2-7H2,1H3;9-11H,2-8H2,1H3/q2*+1;;. The molecule has 412 valence electrons. The van der Waals surface area contributed by atoms with E-state index >= 15 is 0 Å². The van der Waals surface area contributed by atoms with E-state index in [1.54, 1.807) is 0 Å². The van der Waals surface area contributed by atoms with Crippen LogP contribution in [-0.2, 0) is 40.9 Å². The molecule has 0 spiro atoms. The molecule has 6 aromatic rings. The number of halogens is 7. The fraction of sp³-hybridized carbons (Fsp3) is 0.415. The van der Waals surface area contributed by atoms with Crippen LogP contribution in [0.3, 0.4) is 0 Å². The van der Waals surface area contributed by atoms with Crippen molar-refractivity contribution in [3.8, 4) is 0 Å². The van der Waals surface area contributed by atoms with Crippen molar-refractivity contribution >= 4 is 33.7 Å². The Morgan fingerprint density at radius 2 is 0.705 bits per heavy atom. The Kier molecular flexibility index (Phi) is 17.9. The zero-order valence-corrected chi connectivity index (χ0v) is 45.8. The van der Waals surface area contributed by atoms with Crippen LogP contribution in [0.1, 0.15) is 90.9 Å². The highest BCUT2D eigenvalue weighted by molar-refractivity contribution is 7.97. The molecule has 6 aromatic carbocycles. The van der Waals surface area contributed by atoms with Crippen LogP contribution < -0.4 is 0 Å². The van der Waals surface area contributed by atoms with Gasteiger partial charge in [-0.05, 0) is 185 Å². The van der Waals surface area contributed by atoms with Crippen LogP contribution >= 0.6 is 0 Å². The van der Waals surface area contributed by atoms with E-state index in [0.29, 0.717) is 43.9 Å². The summed E-state index contributed by atoms with van der Waals surface area (Å²) in [6.07, 6.45) is 2.94. The Morgan fingerprint density at radius 3 is 0.936 bits per heavy atom. The smallest absolute Gasteiger partial charge is 0.431 e. The summed E-state index contributed by atoms with van der Waals surface area (Å²) in [7, 11) is -0.0293. The Hall–Kier alpha value is -5.53. The number of hydrogen-bond donors (Lipinski definition) is 0. The van der Waals surface area contributed by atoms with Crippen LogP contribution in [0.15, 0.2) is 211 Å². The van der Waals surface area contributed by atoms with Gasteiger partial charge < -0.3 is 9.47 Å². The van der Waals surface area contributed by atoms with E-state index in [9.17, 15) is 40.3 Å². The van der Waals surface area contributed by atoms with Gasteiger partial charge in [-0.25, -0.2) is 13.6 Å². The lowest BCUT2D eigenvalue weighted by Crippen LogP contribution is -2.54. The monoisotopic (exact) mass is 1110 g/mol. The van der Waals surface area contributed by atoms with Crippen molar-refractivity contribution in [1.29, 1.82) is 0 Å². The summed E-state index contributed by atoms with van der Waals surface area (Å²) >= 11 is 0. The molecule has 13 heteroatoms. The third-order valence-electron chi connectivity index (χ3n) is 16.4. The second kappa shape index (κ2) is 24.5. The highest BCUT2D eigenvalue weighted by Gasteiger charge is 2.61. The highest BCUT2D eigenvalue weighted by Crippen LogP contribution is 2.62. The lowest BCUT2D eigenvalue weighted by atomic mass is 9.49. The van der Waals surface area contributed by atoms with Gasteiger partial charge in [-0.2, -0.15) is 22.0 Å². The topological polar surface area (TPSA) is 52.6 Å². The summed E-state index contributed by atoms with van der Waals surface area (Å²) in [5.41, 5.74) is -0.945. The van der Waals surface area contributed by atoms with Gasteiger partial charge in [-0.3, -0.25) is 4.79 Å². The van der Waals surface area contributed by atoms with Crippen molar-refractivity contribution < 1.29 is 49.8 Å². The molecule has 8 aliphatic rings. The minimum atomic E-state index is -5.27. The molecule has 0 amide bonds. The average Bonchev–Trinajstić information content (AvgIpc) is 3.49. The molecule has 1 unspecified atom stereocenters. The first-order valence-electron chi connectivity index (χ1n) is 27.3. The average molecular weight is 1110 g/mol. The molecule has 0 saturated heterocycles. The Balaban J connectivity index is 0.000000127. The first-order valence-corrected chi connectivity index (χ1v) is 29.7. The summed E-state index contributed by atoms with van der Waals surface area (Å²) in [5, 5.41) is 0. The molecule has 8 aliphatic carbocycles. The summed E-state index contributed by atoms with van der Waals surface area (Å²) in [6.45, 7) is 0.950. The van der Waals surface area contributed by atoms with Gasteiger partial charge in [0, 0.05) is 19.3 Å². The third-order valence-corrected chi connectivity index (χ3v) is 20.8. The van der Waals surface area contributed by atoms with E-state index in [4.69, 9.17) is 4.74 Å². The maximum atomic E-state index is 13.2. The molecule has 8 fully saturated rings. The lowest BCUT2D eigenvalue weighted by molar-refractivity contribution is -0.279. The molecule has 78 heavy (non-hydrogen) atoms. The number of ether oxygens (including phenoxy) is 2. The zero-order valence-electron chi connectivity index (χ0n) is 44.1. The quantitative estimate of drug-likeness (QED) is 0.0696. The second-order valence-electron chi connectivity index (χ2n) is 22.9. The summed E-state index contributed by atoms with van der Waals surface area (Å²) in [5.74, 6) is -6.72. The van der Waals surface area contributed by atoms with Gasteiger partial charge in [0.05, 0.1) is 33.8 Å². The predicted octanol–water partition coefficient (Wildman–Crippen LogP) is 17.3. The van der Waals surface area contributed by atoms with Crippen molar-refractivity contribution in [3.63, 3.8) is 0 Å². The largest absolute Gasteiger partial charge is 0.461 e. The van der Waals surface area contributed by atoms with Crippen molar-refractivity contribution in [2.45, 2.75) is 144 Å². The first kappa shape index (κ1) is 57.2. The molecule has 0 heterocycles. The molecular formula is C65H69F7O4S2+2. The minimum absolute atomic E-state index is 0.0146. The van der Waals surface area contributed by atoms with E-state index in [1.807, 2.05) is 0 Å². The van der Waals surface area contributed by atoms with Gasteiger partial charge in [0.25, 0.3) is 12.0 Å². The number of alkyl halides is 7. The van der Waals surface area contributed by atoms with E-state index in [0.717, 1.165) is 56.3 Å². The molecule has 8 bridgehead atoms. The van der Waals surface area contributed by atoms with E-state index in [1.165, 1.54) is 48.6 Å². The lowest BCUT2D eigenvalue weighted by Gasteiger charge is -2.56. The summed E-state index contributed by atoms with van der Waals surface area (Å²) in [4.78, 5) is 31.7. The van der Waals surface area contributed by atoms with Gasteiger partial charge in [0.2, 0.25) is 0 Å². The molecule has 4 nitrogen and oxygen atoms in total. The molecule has 0 N–H and O–H groups in total. The van der Waals surface area contributed by atoms with Gasteiger partial charge in [0.15, 0.2) is 29.4 Å². The zero-order chi connectivity index (χ0) is 55.1. The van der Waals surface area contributed by atoms with Crippen LogP contribution in [0.2, 0.25) is 0 Å². The molecule has 0 radical (unpaired) electrons. The van der Waals surface area contributed by atoms with Crippen molar-refractivity contribution in [2.24, 2.45) is 46.3 Å². The number of carbonyl (C=O) groups is 2. The molecule has 8 saturated carbocycles. The van der Waals surface area contributed by atoms with Crippen molar-refractivity contribution in [2.75, 3.05) is 6.61 Å². The molecular weight excluding hydrogens is 1040 g/mol. The number of esters is 2. The van der Waals surface area contributed by atoms with Crippen LogP contribution in [-0.4, -0.2) is 42.7 Å². The number of hydrogen-bond acceptors (Lipinski definition) is 4. The molecule has 0 aliphatic heterocycles. The van der Waals surface area contributed by atoms with Crippen LogP contribution in [0.5, 0.6) is 0 Å². The van der Waals surface area contributed by atoms with E-state index in [2.05, 4.69) is 187 Å². The molecule has 14 rings (SSSR count). The predicted molar refractivity (Wildman–Crippen MR) is 292 cm³/mol. The van der Waals surface area contributed by atoms with Crippen molar-refractivity contribution in [3.05, 3.63) is 182 Å². The third kappa shape index (κ3) is 14.3. The Bertz CT molecular complexity index is 2460. The van der Waals surface area contributed by atoms with E-state index < -0.39 is 41.5 Å². The van der Waals surface area contributed by atoms with Gasteiger partial charge in [-0.1, -0.05) is 109 Å². The SMILES string of the molecule is CC(F)(F)C(=O)OCC12CC3CC(CC(C3)C1)C2.CC(F)(F)C(OC(=O)C12CC3CC(CC(C3)C1)C2)C(F)(F)F.c1ccc([S+](c2ccccc2)c2ccccc2)cc1.c1ccc([S+](c2ccccc2)c2ccccc2)cc1. The fourth-order valence-corrected chi connectivity index (χ4v) is 18.2. The van der Waals surface area contributed by atoms with Crippen LogP contribution in [0.25, 0.3) is 0 Å². The molecule has 1 atom stereocenters. The van der Waals surface area contributed by atoms with Crippen LogP contribution in [0.4, 0.5) is 30.7 Å². The van der Waals surface area contributed by atoms with Crippen LogP contribution in [0, 0.1) is 46.3 Å². The first-order chi connectivity index (χ1) is 37.3. The summed E-state index contributed by atoms with van der Waals surface area (Å²) < 4.78 is 99.7. The highest BCUT2D eigenvalue weighted by atomic mass is 32.2. The van der Waals surface area contributed by atoms with Gasteiger partial charge >= 0.3 is 24.0 Å². The maximum absolute atomic E-state index is 13.2. The minimum Gasteiger partial charge on any atom is -0.461 e. The maximum Gasteiger partial charge on any atom is 0.431 e. The van der Waals surface area contributed by atoms with Gasteiger partial charge in [0.1, 0.15) is 0 Å². The molecule has 0 aromatic heterocycles. The number of carbonyl (C=O) groups excluding carboxylic acids is 2. The second-order valence-corrected chi connectivity index (χ2v) is 26.9.